The van der Waals surface area contributed by atoms with Crippen molar-refractivity contribution in [1.29, 1.82) is 0 Å². The van der Waals surface area contributed by atoms with E-state index in [4.69, 9.17) is 11.6 Å². The van der Waals surface area contributed by atoms with Gasteiger partial charge >= 0.3 is 0 Å². The molecule has 1 aliphatic heterocycles. The minimum atomic E-state index is -0.319. The first-order valence-electron chi connectivity index (χ1n) is 6.85. The summed E-state index contributed by atoms with van der Waals surface area (Å²) in [6.45, 7) is 7.86. The van der Waals surface area contributed by atoms with Crippen LogP contribution in [-0.4, -0.2) is 42.0 Å². The molecule has 0 atom stereocenters. The van der Waals surface area contributed by atoms with Crippen molar-refractivity contribution in [2.24, 2.45) is 0 Å². The molecule has 20 heavy (non-hydrogen) atoms. The Morgan fingerprint density at radius 3 is 2.45 bits per heavy atom. The van der Waals surface area contributed by atoms with Gasteiger partial charge in [-0.25, -0.2) is 0 Å². The fraction of sp³-hybridized carbons (Fsp3) is 0.571. The zero-order valence-corrected chi connectivity index (χ0v) is 12.6. The molecule has 1 aliphatic rings. The predicted octanol–water partition coefficient (Wildman–Crippen LogP) is 2.86. The van der Waals surface area contributed by atoms with E-state index < -0.39 is 0 Å². The lowest BCUT2D eigenvalue weighted by molar-refractivity contribution is -0.384. The van der Waals surface area contributed by atoms with Gasteiger partial charge in [-0.1, -0.05) is 6.07 Å². The number of nitro groups is 1. The first-order chi connectivity index (χ1) is 9.52. The molecule has 0 radical (unpaired) electrons. The lowest BCUT2D eigenvalue weighted by Crippen LogP contribution is -2.49. The number of alkyl halides is 1. The Balaban J connectivity index is 2.19. The molecular formula is C14H20ClN3O2. The molecule has 1 heterocycles. The van der Waals surface area contributed by atoms with Crippen LogP contribution in [0.1, 0.15) is 19.4 Å². The van der Waals surface area contributed by atoms with Crippen molar-refractivity contribution >= 4 is 23.0 Å². The van der Waals surface area contributed by atoms with Gasteiger partial charge in [0.15, 0.2) is 0 Å². The number of nitrogens with zero attached hydrogens (tertiary/aromatic N) is 3. The highest BCUT2D eigenvalue weighted by Crippen LogP contribution is 2.30. The Labute approximate surface area is 124 Å². The fourth-order valence-corrected chi connectivity index (χ4v) is 2.71. The van der Waals surface area contributed by atoms with Crippen molar-refractivity contribution in [2.45, 2.75) is 25.8 Å². The van der Waals surface area contributed by atoms with Crippen LogP contribution in [0.3, 0.4) is 0 Å². The van der Waals surface area contributed by atoms with Crippen LogP contribution in [0, 0.1) is 10.1 Å². The third kappa shape index (κ3) is 3.22. The maximum atomic E-state index is 11.2. The summed E-state index contributed by atoms with van der Waals surface area (Å²) < 4.78 is 0. The summed E-state index contributed by atoms with van der Waals surface area (Å²) in [7, 11) is 0. The molecule has 2 rings (SSSR count). The summed E-state index contributed by atoms with van der Waals surface area (Å²) in [5.41, 5.74) is 1.64. The predicted molar refractivity (Wildman–Crippen MR) is 81.6 cm³/mol. The zero-order valence-electron chi connectivity index (χ0n) is 11.9. The molecule has 0 amide bonds. The lowest BCUT2D eigenvalue weighted by Gasteiger charge is -2.37. The van der Waals surface area contributed by atoms with Gasteiger partial charge in [-0.15, -0.1) is 11.6 Å². The van der Waals surface area contributed by atoms with Crippen molar-refractivity contribution in [3.8, 4) is 0 Å². The summed E-state index contributed by atoms with van der Waals surface area (Å²) in [6.07, 6.45) is 0. The van der Waals surface area contributed by atoms with E-state index in [0.29, 0.717) is 17.6 Å². The number of hydrogen-bond acceptors (Lipinski definition) is 4. The lowest BCUT2D eigenvalue weighted by atomic mass is 10.1. The Morgan fingerprint density at radius 2 is 1.95 bits per heavy atom. The zero-order chi connectivity index (χ0) is 14.7. The monoisotopic (exact) mass is 297 g/mol. The van der Waals surface area contributed by atoms with Gasteiger partial charge in [0.25, 0.3) is 5.69 Å². The summed E-state index contributed by atoms with van der Waals surface area (Å²) in [5.74, 6) is 0.294. The molecule has 0 aliphatic carbocycles. The van der Waals surface area contributed by atoms with Gasteiger partial charge in [0, 0.05) is 44.2 Å². The maximum absolute atomic E-state index is 11.2. The molecule has 0 spiro atoms. The quantitative estimate of drug-likeness (QED) is 0.487. The van der Waals surface area contributed by atoms with Crippen molar-refractivity contribution in [3.05, 3.63) is 33.9 Å². The molecule has 0 N–H and O–H groups in total. The van der Waals surface area contributed by atoms with Crippen molar-refractivity contribution < 1.29 is 4.92 Å². The normalized spacial score (nSPS) is 16.7. The first kappa shape index (κ1) is 15.1. The fourth-order valence-electron chi connectivity index (χ4n) is 2.54. The largest absolute Gasteiger partial charge is 0.363 e. The van der Waals surface area contributed by atoms with Crippen molar-refractivity contribution in [1.82, 2.24) is 4.90 Å². The van der Waals surface area contributed by atoms with E-state index in [2.05, 4.69) is 23.6 Å². The standard InChI is InChI=1S/C14H20ClN3O2/c1-11(2)16-5-7-17(8-6-16)13-4-3-12(10-15)9-14(13)18(19)20/h3-4,9,11H,5-8,10H2,1-2H3. The second kappa shape index (κ2) is 6.41. The van der Waals surface area contributed by atoms with E-state index in [9.17, 15) is 10.1 Å². The van der Waals surface area contributed by atoms with Crippen LogP contribution in [0.5, 0.6) is 0 Å². The van der Waals surface area contributed by atoms with Crippen molar-refractivity contribution in [3.63, 3.8) is 0 Å². The van der Waals surface area contributed by atoms with Crippen LogP contribution in [0.4, 0.5) is 11.4 Å². The third-order valence-corrected chi connectivity index (χ3v) is 4.08. The summed E-state index contributed by atoms with van der Waals surface area (Å²) in [6, 6.07) is 5.79. The third-order valence-electron chi connectivity index (χ3n) is 3.78. The number of rotatable bonds is 4. The van der Waals surface area contributed by atoms with Crippen LogP contribution in [-0.2, 0) is 5.88 Å². The Bertz CT molecular complexity index is 485. The Hall–Kier alpha value is -1.33. The van der Waals surface area contributed by atoms with E-state index in [1.54, 1.807) is 6.07 Å². The summed E-state index contributed by atoms with van der Waals surface area (Å²) >= 11 is 5.75. The molecular weight excluding hydrogens is 278 g/mol. The highest BCUT2D eigenvalue weighted by atomic mass is 35.5. The molecule has 0 saturated carbocycles. The molecule has 0 unspecified atom stereocenters. The van der Waals surface area contributed by atoms with E-state index in [0.717, 1.165) is 31.7 Å². The van der Waals surface area contributed by atoms with Gasteiger partial charge in [-0.3, -0.25) is 15.0 Å². The second-order valence-electron chi connectivity index (χ2n) is 5.33. The molecule has 5 nitrogen and oxygen atoms in total. The topological polar surface area (TPSA) is 49.6 Å². The molecule has 1 saturated heterocycles. The average Bonchev–Trinajstić information content (AvgIpc) is 2.46. The number of piperazine rings is 1. The Kier molecular flexibility index (Phi) is 4.83. The Morgan fingerprint density at radius 1 is 1.30 bits per heavy atom. The van der Waals surface area contributed by atoms with Gasteiger partial charge in [-0.2, -0.15) is 0 Å². The smallest absolute Gasteiger partial charge is 0.292 e. The van der Waals surface area contributed by atoms with E-state index >= 15 is 0 Å². The van der Waals surface area contributed by atoms with Gasteiger partial charge in [0.2, 0.25) is 0 Å². The highest BCUT2D eigenvalue weighted by molar-refractivity contribution is 6.17. The maximum Gasteiger partial charge on any atom is 0.292 e. The molecule has 0 aromatic heterocycles. The van der Waals surface area contributed by atoms with Gasteiger partial charge in [0.05, 0.1) is 4.92 Å². The van der Waals surface area contributed by atoms with Crippen LogP contribution in [0.15, 0.2) is 18.2 Å². The van der Waals surface area contributed by atoms with Gasteiger partial charge < -0.3 is 4.90 Å². The van der Waals surface area contributed by atoms with E-state index in [-0.39, 0.29) is 10.6 Å². The summed E-state index contributed by atoms with van der Waals surface area (Å²) in [5, 5.41) is 11.2. The van der Waals surface area contributed by atoms with Crippen LogP contribution < -0.4 is 4.90 Å². The van der Waals surface area contributed by atoms with Crippen molar-refractivity contribution in [2.75, 3.05) is 31.1 Å². The first-order valence-corrected chi connectivity index (χ1v) is 7.38. The number of halogens is 1. The number of hydrogen-bond donors (Lipinski definition) is 0. The van der Waals surface area contributed by atoms with Crippen LogP contribution in [0.25, 0.3) is 0 Å². The average molecular weight is 298 g/mol. The van der Waals surface area contributed by atoms with E-state index in [1.807, 2.05) is 12.1 Å². The van der Waals surface area contributed by atoms with Crippen LogP contribution in [0.2, 0.25) is 0 Å². The molecule has 1 fully saturated rings. The second-order valence-corrected chi connectivity index (χ2v) is 5.60. The number of anilines is 1. The van der Waals surface area contributed by atoms with Crippen LogP contribution >= 0.6 is 11.6 Å². The minimum absolute atomic E-state index is 0.154. The highest BCUT2D eigenvalue weighted by Gasteiger charge is 2.24. The minimum Gasteiger partial charge on any atom is -0.363 e. The molecule has 110 valence electrons. The molecule has 1 aromatic carbocycles. The molecule has 6 heteroatoms. The molecule has 0 bridgehead atoms. The van der Waals surface area contributed by atoms with E-state index in [1.165, 1.54) is 0 Å². The summed E-state index contributed by atoms with van der Waals surface area (Å²) in [4.78, 5) is 15.4. The van der Waals surface area contributed by atoms with Gasteiger partial charge in [-0.05, 0) is 25.5 Å². The number of benzene rings is 1. The molecule has 1 aromatic rings. The van der Waals surface area contributed by atoms with Gasteiger partial charge in [0.1, 0.15) is 5.69 Å². The SMILES string of the molecule is CC(C)N1CCN(c2ccc(CCl)cc2[N+](=O)[O-])CC1. The number of nitro benzene ring substituents is 1.